The third-order valence-electron chi connectivity index (χ3n) is 4.16. The van der Waals surface area contributed by atoms with Crippen LogP contribution in [0.5, 0.6) is 5.75 Å². The first kappa shape index (κ1) is 10.9. The molecule has 2 heteroatoms. The summed E-state index contributed by atoms with van der Waals surface area (Å²) in [5.74, 6) is 1.04. The van der Waals surface area contributed by atoms with Crippen LogP contribution in [0.15, 0.2) is 18.2 Å². The number of ether oxygens (including phenoxy) is 1. The van der Waals surface area contributed by atoms with Gasteiger partial charge in [-0.15, -0.1) is 0 Å². The van der Waals surface area contributed by atoms with Gasteiger partial charge in [0.15, 0.2) is 0 Å². The number of hydrogen-bond acceptors (Lipinski definition) is 2. The molecule has 0 bridgehead atoms. The van der Waals surface area contributed by atoms with Crippen molar-refractivity contribution in [2.75, 3.05) is 18.5 Å². The predicted octanol–water partition coefficient (Wildman–Crippen LogP) is 3.61. The number of nitrogens with one attached hydrogen (secondary N) is 1. The molecule has 0 spiro atoms. The van der Waals surface area contributed by atoms with Gasteiger partial charge < -0.3 is 10.1 Å². The summed E-state index contributed by atoms with van der Waals surface area (Å²) in [6.45, 7) is 4.31. The molecule has 1 N–H and O–H groups in total. The summed E-state index contributed by atoms with van der Waals surface area (Å²) in [5.41, 5.74) is 3.14. The molecule has 1 fully saturated rings. The minimum atomic E-state index is 0.439. The van der Waals surface area contributed by atoms with Crippen molar-refractivity contribution in [2.24, 2.45) is 5.41 Å². The van der Waals surface area contributed by atoms with E-state index in [0.29, 0.717) is 5.41 Å². The van der Waals surface area contributed by atoms with E-state index in [0.717, 1.165) is 18.9 Å². The molecular formula is C15H21NO. The van der Waals surface area contributed by atoms with E-state index in [1.807, 2.05) is 0 Å². The van der Waals surface area contributed by atoms with Gasteiger partial charge in [0.1, 0.15) is 5.75 Å². The van der Waals surface area contributed by atoms with Gasteiger partial charge in [-0.05, 0) is 49.4 Å². The molecule has 1 aliphatic heterocycles. The normalized spacial score (nSPS) is 21.0. The Bertz CT molecular complexity index is 409. The van der Waals surface area contributed by atoms with Crippen LogP contribution < -0.4 is 10.1 Å². The van der Waals surface area contributed by atoms with Gasteiger partial charge in [0.25, 0.3) is 0 Å². The molecule has 1 heterocycles. The van der Waals surface area contributed by atoms with Crippen LogP contribution >= 0.6 is 0 Å². The predicted molar refractivity (Wildman–Crippen MR) is 70.7 cm³/mol. The maximum atomic E-state index is 5.95. The highest BCUT2D eigenvalue weighted by atomic mass is 16.5. The van der Waals surface area contributed by atoms with Gasteiger partial charge in [-0.25, -0.2) is 0 Å². The second kappa shape index (κ2) is 4.25. The molecule has 1 aromatic rings. The highest BCUT2D eigenvalue weighted by Gasteiger charge is 2.32. The third-order valence-corrected chi connectivity index (χ3v) is 4.16. The van der Waals surface area contributed by atoms with E-state index in [9.17, 15) is 0 Å². The standard InChI is InChI=1S/C15H21NO/c1-15(7-3-8-15)11-17-13-5-6-14-12(10-13)4-2-9-16-14/h5-6,10,16H,2-4,7-9,11H2,1H3. The molecule has 0 radical (unpaired) electrons. The lowest BCUT2D eigenvalue weighted by Gasteiger charge is -2.37. The molecule has 2 nitrogen and oxygen atoms in total. The number of hydrogen-bond donors (Lipinski definition) is 1. The Balaban J connectivity index is 1.67. The molecule has 0 atom stereocenters. The second-order valence-corrected chi connectivity index (χ2v) is 5.80. The first-order valence-corrected chi connectivity index (χ1v) is 6.75. The van der Waals surface area contributed by atoms with Gasteiger partial charge in [0.05, 0.1) is 6.61 Å². The van der Waals surface area contributed by atoms with Gasteiger partial charge in [-0.1, -0.05) is 13.3 Å². The van der Waals surface area contributed by atoms with E-state index in [2.05, 4.69) is 30.4 Å². The lowest BCUT2D eigenvalue weighted by molar-refractivity contribution is 0.0775. The smallest absolute Gasteiger partial charge is 0.119 e. The van der Waals surface area contributed by atoms with Crippen LogP contribution in [0.2, 0.25) is 0 Å². The summed E-state index contributed by atoms with van der Waals surface area (Å²) in [5, 5.41) is 3.43. The number of benzene rings is 1. The van der Waals surface area contributed by atoms with Gasteiger partial charge in [0, 0.05) is 17.6 Å². The summed E-state index contributed by atoms with van der Waals surface area (Å²) in [4.78, 5) is 0. The average Bonchev–Trinajstić information content (AvgIpc) is 2.34. The second-order valence-electron chi connectivity index (χ2n) is 5.80. The van der Waals surface area contributed by atoms with Crippen LogP contribution in [-0.4, -0.2) is 13.2 Å². The van der Waals surface area contributed by atoms with Crippen molar-refractivity contribution in [1.29, 1.82) is 0 Å². The highest BCUT2D eigenvalue weighted by molar-refractivity contribution is 5.55. The van der Waals surface area contributed by atoms with Gasteiger partial charge in [0.2, 0.25) is 0 Å². The first-order chi connectivity index (χ1) is 8.25. The van der Waals surface area contributed by atoms with E-state index >= 15 is 0 Å². The Kier molecular flexibility index (Phi) is 2.73. The van der Waals surface area contributed by atoms with Gasteiger partial charge >= 0.3 is 0 Å². The van der Waals surface area contributed by atoms with Crippen LogP contribution in [0.25, 0.3) is 0 Å². The van der Waals surface area contributed by atoms with Crippen LogP contribution in [-0.2, 0) is 6.42 Å². The maximum absolute atomic E-state index is 5.95. The van der Waals surface area contributed by atoms with E-state index < -0.39 is 0 Å². The lowest BCUT2D eigenvalue weighted by Crippen LogP contribution is -2.32. The molecule has 3 rings (SSSR count). The fourth-order valence-electron chi connectivity index (χ4n) is 2.72. The van der Waals surface area contributed by atoms with Crippen LogP contribution in [0.3, 0.4) is 0 Å². The zero-order chi connectivity index (χ0) is 11.7. The summed E-state index contributed by atoms with van der Waals surface area (Å²) in [7, 11) is 0. The Morgan fingerprint density at radius 3 is 2.94 bits per heavy atom. The van der Waals surface area contributed by atoms with Gasteiger partial charge in [-0.2, -0.15) is 0 Å². The summed E-state index contributed by atoms with van der Waals surface area (Å²) in [6.07, 6.45) is 6.41. The van der Waals surface area contributed by atoms with E-state index in [4.69, 9.17) is 4.74 Å². The van der Waals surface area contributed by atoms with Gasteiger partial charge in [-0.3, -0.25) is 0 Å². The maximum Gasteiger partial charge on any atom is 0.119 e. The third kappa shape index (κ3) is 2.26. The lowest BCUT2D eigenvalue weighted by atomic mass is 9.71. The van der Waals surface area contributed by atoms with Crippen molar-refractivity contribution in [1.82, 2.24) is 0 Å². The van der Waals surface area contributed by atoms with E-state index in [1.54, 1.807) is 0 Å². The molecule has 92 valence electrons. The highest BCUT2D eigenvalue weighted by Crippen LogP contribution is 2.40. The number of aryl methyl sites for hydroxylation is 1. The SMILES string of the molecule is CC1(COc2ccc3c(c2)CCCN3)CCC1. The molecule has 1 aliphatic carbocycles. The fraction of sp³-hybridized carbons (Fsp3) is 0.600. The topological polar surface area (TPSA) is 21.3 Å². The Morgan fingerprint density at radius 2 is 2.18 bits per heavy atom. The minimum Gasteiger partial charge on any atom is -0.493 e. The van der Waals surface area contributed by atoms with Crippen molar-refractivity contribution >= 4 is 5.69 Å². The number of anilines is 1. The number of rotatable bonds is 3. The zero-order valence-electron chi connectivity index (χ0n) is 10.6. The largest absolute Gasteiger partial charge is 0.493 e. The Labute approximate surface area is 103 Å². The summed E-state index contributed by atoms with van der Waals surface area (Å²) >= 11 is 0. The van der Waals surface area contributed by atoms with Crippen molar-refractivity contribution < 1.29 is 4.74 Å². The molecule has 17 heavy (non-hydrogen) atoms. The van der Waals surface area contributed by atoms with Crippen molar-refractivity contribution in [3.8, 4) is 5.75 Å². The van der Waals surface area contributed by atoms with Crippen LogP contribution in [0.1, 0.15) is 38.2 Å². The zero-order valence-corrected chi connectivity index (χ0v) is 10.6. The Hall–Kier alpha value is -1.18. The molecule has 1 aromatic carbocycles. The summed E-state index contributed by atoms with van der Waals surface area (Å²) < 4.78 is 5.95. The molecule has 0 unspecified atom stereocenters. The monoisotopic (exact) mass is 231 g/mol. The molecule has 0 saturated heterocycles. The average molecular weight is 231 g/mol. The first-order valence-electron chi connectivity index (χ1n) is 6.75. The van der Waals surface area contributed by atoms with Crippen LogP contribution in [0, 0.1) is 5.41 Å². The van der Waals surface area contributed by atoms with Crippen molar-refractivity contribution in [3.05, 3.63) is 23.8 Å². The van der Waals surface area contributed by atoms with E-state index in [1.165, 1.54) is 43.4 Å². The Morgan fingerprint density at radius 1 is 1.29 bits per heavy atom. The molecule has 2 aliphatic rings. The molecule has 0 aromatic heterocycles. The molecule has 1 saturated carbocycles. The molecular weight excluding hydrogens is 210 g/mol. The minimum absolute atomic E-state index is 0.439. The summed E-state index contributed by atoms with van der Waals surface area (Å²) in [6, 6.07) is 6.47. The van der Waals surface area contributed by atoms with Crippen molar-refractivity contribution in [3.63, 3.8) is 0 Å². The quantitative estimate of drug-likeness (QED) is 0.858. The fourth-order valence-corrected chi connectivity index (χ4v) is 2.72. The van der Waals surface area contributed by atoms with Crippen molar-refractivity contribution in [2.45, 2.75) is 39.0 Å². The molecule has 0 amide bonds. The number of fused-ring (bicyclic) bond motifs is 1. The van der Waals surface area contributed by atoms with Crippen LogP contribution in [0.4, 0.5) is 5.69 Å². The van der Waals surface area contributed by atoms with E-state index in [-0.39, 0.29) is 0 Å².